The van der Waals surface area contributed by atoms with Crippen molar-refractivity contribution >= 4 is 18.1 Å². The Morgan fingerprint density at radius 3 is 2.57 bits per heavy atom. The van der Waals surface area contributed by atoms with Crippen LogP contribution in [0.5, 0.6) is 0 Å². The van der Waals surface area contributed by atoms with E-state index in [1.54, 1.807) is 6.08 Å². The first kappa shape index (κ1) is 18.7. The second-order valence-corrected chi connectivity index (χ2v) is 5.89. The molecule has 1 amide bonds. The zero-order valence-corrected chi connectivity index (χ0v) is 13.7. The van der Waals surface area contributed by atoms with Crippen LogP contribution in [0.25, 0.3) is 6.08 Å². The molecule has 0 bridgehead atoms. The fourth-order valence-electron chi connectivity index (χ4n) is 2.30. The number of alkyl carbamates (subject to hydrolysis) is 1. The van der Waals surface area contributed by atoms with Gasteiger partial charge in [-0.3, -0.25) is 4.79 Å². The Hall–Kier alpha value is -2.30. The molecule has 1 rings (SSSR count). The molecule has 0 saturated carbocycles. The van der Waals surface area contributed by atoms with Crippen LogP contribution in [0.4, 0.5) is 4.79 Å². The number of ether oxygens (including phenoxy) is 1. The molecule has 0 radical (unpaired) electrons. The molecule has 0 spiro atoms. The van der Waals surface area contributed by atoms with Gasteiger partial charge in [-0.15, -0.1) is 0 Å². The summed E-state index contributed by atoms with van der Waals surface area (Å²) in [7, 11) is 0. The van der Waals surface area contributed by atoms with Gasteiger partial charge in [0, 0.05) is 13.0 Å². The average molecular weight is 319 g/mol. The van der Waals surface area contributed by atoms with Gasteiger partial charge in [0.2, 0.25) is 0 Å². The highest BCUT2D eigenvalue weighted by Crippen LogP contribution is 2.14. The first-order valence-electron chi connectivity index (χ1n) is 7.81. The van der Waals surface area contributed by atoms with Gasteiger partial charge in [0.05, 0.1) is 0 Å². The van der Waals surface area contributed by atoms with Gasteiger partial charge < -0.3 is 15.2 Å². The largest absolute Gasteiger partial charge is 0.481 e. The smallest absolute Gasteiger partial charge is 0.407 e. The molecule has 1 aromatic carbocycles. The minimum Gasteiger partial charge on any atom is -0.481 e. The molecule has 23 heavy (non-hydrogen) atoms. The monoisotopic (exact) mass is 319 g/mol. The summed E-state index contributed by atoms with van der Waals surface area (Å²) in [5.41, 5.74) is 1.04. The number of rotatable bonds is 9. The molecular weight excluding hydrogens is 294 g/mol. The molecule has 0 fully saturated rings. The van der Waals surface area contributed by atoms with Crippen LogP contribution < -0.4 is 5.32 Å². The lowest BCUT2D eigenvalue weighted by molar-refractivity contribution is -0.138. The molecule has 0 aliphatic heterocycles. The van der Waals surface area contributed by atoms with Crippen LogP contribution in [0.1, 0.15) is 32.3 Å². The molecule has 1 atom stereocenters. The van der Waals surface area contributed by atoms with Crippen molar-refractivity contribution < 1.29 is 19.4 Å². The third-order valence-electron chi connectivity index (χ3n) is 3.22. The zero-order chi connectivity index (χ0) is 17.1. The van der Waals surface area contributed by atoms with E-state index in [0.29, 0.717) is 12.5 Å². The average Bonchev–Trinajstić information content (AvgIpc) is 2.49. The number of benzene rings is 1. The van der Waals surface area contributed by atoms with Crippen molar-refractivity contribution in [2.45, 2.75) is 26.7 Å². The Morgan fingerprint density at radius 2 is 1.96 bits per heavy atom. The molecule has 0 saturated heterocycles. The highest BCUT2D eigenvalue weighted by Gasteiger charge is 2.16. The summed E-state index contributed by atoms with van der Waals surface area (Å²) in [5, 5.41) is 11.5. The molecule has 5 nitrogen and oxygen atoms in total. The van der Waals surface area contributed by atoms with Crippen LogP contribution in [-0.2, 0) is 9.53 Å². The summed E-state index contributed by atoms with van der Waals surface area (Å²) < 4.78 is 5.04. The topological polar surface area (TPSA) is 75.6 Å². The first-order chi connectivity index (χ1) is 11.0. The van der Waals surface area contributed by atoms with Crippen LogP contribution in [0.3, 0.4) is 0 Å². The molecule has 5 heteroatoms. The van der Waals surface area contributed by atoms with Gasteiger partial charge in [0.1, 0.15) is 6.61 Å². The number of amides is 1. The van der Waals surface area contributed by atoms with Crippen molar-refractivity contribution in [1.29, 1.82) is 0 Å². The maximum atomic E-state index is 11.6. The summed E-state index contributed by atoms with van der Waals surface area (Å²) >= 11 is 0. The number of aliphatic carboxylic acids is 1. The third-order valence-corrected chi connectivity index (χ3v) is 3.22. The van der Waals surface area contributed by atoms with Gasteiger partial charge in [-0.25, -0.2) is 4.79 Å². The second-order valence-electron chi connectivity index (χ2n) is 5.89. The summed E-state index contributed by atoms with van der Waals surface area (Å²) in [6.07, 6.45) is 3.91. The number of carbonyl (C=O) groups is 2. The third kappa shape index (κ3) is 9.34. The standard InChI is InChI=1S/C18H25NO4/c1-14(2)11-16(12-17(20)21)13-19-18(22)23-10-6-9-15-7-4-3-5-8-15/h3-9,14,16H,10-13H2,1-2H3,(H,19,22)(H,20,21). The molecule has 0 aliphatic rings. The number of nitrogens with one attached hydrogen (secondary N) is 1. The quantitative estimate of drug-likeness (QED) is 0.729. The molecule has 0 aromatic heterocycles. The van der Waals surface area contributed by atoms with Crippen LogP contribution in [0.2, 0.25) is 0 Å². The SMILES string of the molecule is CC(C)CC(CNC(=O)OCC=Cc1ccccc1)CC(=O)O. The fraction of sp³-hybridized carbons (Fsp3) is 0.444. The molecule has 0 aliphatic carbocycles. The molecule has 1 unspecified atom stereocenters. The van der Waals surface area contributed by atoms with Gasteiger partial charge in [-0.1, -0.05) is 50.3 Å². The van der Waals surface area contributed by atoms with Crippen molar-refractivity contribution in [1.82, 2.24) is 5.32 Å². The van der Waals surface area contributed by atoms with Crippen molar-refractivity contribution in [3.05, 3.63) is 42.0 Å². The lowest BCUT2D eigenvalue weighted by atomic mass is 9.94. The lowest BCUT2D eigenvalue weighted by Crippen LogP contribution is -2.31. The predicted molar refractivity (Wildman–Crippen MR) is 90.0 cm³/mol. The molecule has 126 valence electrons. The molecule has 1 aromatic rings. The van der Waals surface area contributed by atoms with Gasteiger partial charge in [-0.05, 0) is 29.9 Å². The van der Waals surface area contributed by atoms with Gasteiger partial charge in [0.15, 0.2) is 0 Å². The minimum absolute atomic E-state index is 0.0480. The van der Waals surface area contributed by atoms with Crippen molar-refractivity contribution in [2.24, 2.45) is 11.8 Å². The molecule has 0 heterocycles. The van der Waals surface area contributed by atoms with E-state index in [1.807, 2.05) is 50.3 Å². The van der Waals surface area contributed by atoms with E-state index in [0.717, 1.165) is 12.0 Å². The van der Waals surface area contributed by atoms with Gasteiger partial charge >= 0.3 is 12.1 Å². The Morgan fingerprint density at radius 1 is 1.26 bits per heavy atom. The van der Waals surface area contributed by atoms with E-state index in [-0.39, 0.29) is 18.9 Å². The van der Waals surface area contributed by atoms with E-state index >= 15 is 0 Å². The van der Waals surface area contributed by atoms with E-state index in [9.17, 15) is 9.59 Å². The normalized spacial score (nSPS) is 12.3. The highest BCUT2D eigenvalue weighted by molar-refractivity contribution is 5.68. The number of hydrogen-bond donors (Lipinski definition) is 2. The van der Waals surface area contributed by atoms with Crippen molar-refractivity contribution in [3.8, 4) is 0 Å². The maximum Gasteiger partial charge on any atom is 0.407 e. The lowest BCUT2D eigenvalue weighted by Gasteiger charge is -2.17. The number of hydrogen-bond acceptors (Lipinski definition) is 3. The number of carbonyl (C=O) groups excluding carboxylic acids is 1. The fourth-order valence-corrected chi connectivity index (χ4v) is 2.30. The van der Waals surface area contributed by atoms with Crippen LogP contribution in [-0.4, -0.2) is 30.3 Å². The second kappa shape index (κ2) is 10.4. The van der Waals surface area contributed by atoms with E-state index < -0.39 is 12.1 Å². The van der Waals surface area contributed by atoms with Crippen LogP contribution >= 0.6 is 0 Å². The van der Waals surface area contributed by atoms with Crippen LogP contribution in [0, 0.1) is 11.8 Å². The maximum absolute atomic E-state index is 11.6. The Labute approximate surface area is 137 Å². The molecular formula is C18H25NO4. The Balaban J connectivity index is 2.29. The first-order valence-corrected chi connectivity index (χ1v) is 7.81. The minimum atomic E-state index is -0.850. The van der Waals surface area contributed by atoms with Gasteiger partial charge in [-0.2, -0.15) is 0 Å². The van der Waals surface area contributed by atoms with E-state index in [4.69, 9.17) is 9.84 Å². The summed E-state index contributed by atoms with van der Waals surface area (Å²) in [6, 6.07) is 9.72. The highest BCUT2D eigenvalue weighted by atomic mass is 16.5. The van der Waals surface area contributed by atoms with E-state index in [2.05, 4.69) is 5.32 Å². The molecule has 2 N–H and O–H groups in total. The van der Waals surface area contributed by atoms with Crippen molar-refractivity contribution in [2.75, 3.05) is 13.2 Å². The van der Waals surface area contributed by atoms with Gasteiger partial charge in [0.25, 0.3) is 0 Å². The van der Waals surface area contributed by atoms with Crippen LogP contribution in [0.15, 0.2) is 36.4 Å². The number of carboxylic acid groups (broad SMARTS) is 1. The number of carboxylic acids is 1. The Bertz CT molecular complexity index is 511. The summed E-state index contributed by atoms with van der Waals surface area (Å²) in [5.74, 6) is -0.553. The summed E-state index contributed by atoms with van der Waals surface area (Å²) in [6.45, 7) is 4.54. The van der Waals surface area contributed by atoms with Crippen molar-refractivity contribution in [3.63, 3.8) is 0 Å². The summed E-state index contributed by atoms with van der Waals surface area (Å²) in [4.78, 5) is 22.4. The Kier molecular flexibility index (Phi) is 8.50. The van der Waals surface area contributed by atoms with E-state index in [1.165, 1.54) is 0 Å². The predicted octanol–water partition coefficient (Wildman–Crippen LogP) is 3.56. The zero-order valence-electron chi connectivity index (χ0n) is 13.7.